The Labute approximate surface area is 162 Å². The molecule has 3 aromatic rings. The van der Waals surface area contributed by atoms with Crippen LogP contribution in [0.3, 0.4) is 0 Å². The minimum atomic E-state index is 0.0938. The van der Waals surface area contributed by atoms with Gasteiger partial charge in [0.15, 0.2) is 0 Å². The zero-order valence-electron chi connectivity index (χ0n) is 15.3. The Morgan fingerprint density at radius 3 is 2.46 bits per heavy atom. The minimum absolute atomic E-state index is 0.0938. The third-order valence-corrected chi connectivity index (χ3v) is 6.74. The molecule has 6 heteroatoms. The van der Waals surface area contributed by atoms with E-state index in [9.17, 15) is 4.79 Å². The quantitative estimate of drug-likeness (QED) is 0.641. The first-order chi connectivity index (χ1) is 12.5. The van der Waals surface area contributed by atoms with E-state index in [1.165, 1.54) is 0 Å². The van der Waals surface area contributed by atoms with Crippen LogP contribution in [0.1, 0.15) is 29.3 Å². The van der Waals surface area contributed by atoms with Crippen molar-refractivity contribution in [3.8, 4) is 11.4 Å². The summed E-state index contributed by atoms with van der Waals surface area (Å²) in [6, 6.07) is 7.80. The maximum atomic E-state index is 13.5. The molecule has 1 aliphatic rings. The molecule has 1 fully saturated rings. The molecule has 0 aliphatic carbocycles. The molecule has 26 heavy (non-hydrogen) atoms. The first-order valence-electron chi connectivity index (χ1n) is 8.92. The molecule has 0 unspecified atom stereocenters. The Bertz CT molecular complexity index is 1010. The minimum Gasteiger partial charge on any atom is -0.306 e. The fourth-order valence-corrected chi connectivity index (χ4v) is 4.85. The smallest absolute Gasteiger partial charge is 0.263 e. The van der Waals surface area contributed by atoms with Crippen LogP contribution in [0.15, 0.2) is 29.1 Å². The molecular weight excluding hydrogens is 366 g/mol. The number of rotatable bonds is 2. The summed E-state index contributed by atoms with van der Waals surface area (Å²) in [5.74, 6) is 0.759. The predicted octanol–water partition coefficient (Wildman–Crippen LogP) is 4.66. The summed E-state index contributed by atoms with van der Waals surface area (Å²) in [6.07, 6.45) is 1.93. The maximum Gasteiger partial charge on any atom is 0.263 e. The summed E-state index contributed by atoms with van der Waals surface area (Å²) in [7, 11) is 2.13. The van der Waals surface area contributed by atoms with Crippen molar-refractivity contribution in [3.63, 3.8) is 0 Å². The standard InChI is InChI=1S/C20H22ClN3OS/c1-12-13(2)26-19-17(12)20(25)24(16-8-10-23(3)11-9-16)18(22-19)14-4-6-15(21)7-5-14/h4-7,16H,8-11H2,1-3H3. The number of thiophene rings is 1. The number of benzene rings is 1. The molecule has 3 heterocycles. The summed E-state index contributed by atoms with van der Waals surface area (Å²) in [5, 5.41) is 1.47. The highest BCUT2D eigenvalue weighted by atomic mass is 35.5. The van der Waals surface area contributed by atoms with Gasteiger partial charge in [0.05, 0.1) is 5.39 Å². The number of nitrogens with zero attached hydrogens (tertiary/aromatic N) is 3. The molecule has 1 saturated heterocycles. The lowest BCUT2D eigenvalue weighted by Crippen LogP contribution is -2.36. The third-order valence-electron chi connectivity index (χ3n) is 5.39. The van der Waals surface area contributed by atoms with Crippen molar-refractivity contribution in [2.45, 2.75) is 32.7 Å². The molecule has 0 saturated carbocycles. The number of hydrogen-bond acceptors (Lipinski definition) is 4. The maximum absolute atomic E-state index is 13.5. The van der Waals surface area contributed by atoms with Gasteiger partial charge in [-0.3, -0.25) is 9.36 Å². The van der Waals surface area contributed by atoms with Gasteiger partial charge in [0, 0.05) is 21.5 Å². The van der Waals surface area contributed by atoms with E-state index < -0.39 is 0 Å². The molecule has 4 nitrogen and oxygen atoms in total. The van der Waals surface area contributed by atoms with Gasteiger partial charge in [0.1, 0.15) is 10.7 Å². The Morgan fingerprint density at radius 1 is 1.15 bits per heavy atom. The van der Waals surface area contributed by atoms with E-state index in [1.54, 1.807) is 11.3 Å². The Balaban J connectivity index is 1.97. The van der Waals surface area contributed by atoms with E-state index in [0.717, 1.165) is 58.0 Å². The van der Waals surface area contributed by atoms with E-state index in [4.69, 9.17) is 16.6 Å². The highest BCUT2D eigenvalue weighted by molar-refractivity contribution is 7.18. The lowest BCUT2D eigenvalue weighted by Gasteiger charge is -2.31. The SMILES string of the molecule is Cc1sc2nc(-c3ccc(Cl)cc3)n(C3CCN(C)CC3)c(=O)c2c1C. The van der Waals surface area contributed by atoms with Crippen LogP contribution in [0.4, 0.5) is 0 Å². The van der Waals surface area contributed by atoms with Gasteiger partial charge < -0.3 is 4.90 Å². The first-order valence-corrected chi connectivity index (χ1v) is 10.1. The van der Waals surface area contributed by atoms with Gasteiger partial charge in [-0.05, 0) is 76.7 Å². The van der Waals surface area contributed by atoms with E-state index in [1.807, 2.05) is 35.8 Å². The van der Waals surface area contributed by atoms with Gasteiger partial charge in [-0.15, -0.1) is 11.3 Å². The van der Waals surface area contributed by atoms with Crippen molar-refractivity contribution in [3.05, 3.63) is 50.1 Å². The van der Waals surface area contributed by atoms with Crippen molar-refractivity contribution in [1.29, 1.82) is 0 Å². The van der Waals surface area contributed by atoms with Crippen LogP contribution in [0.25, 0.3) is 21.6 Å². The fourth-order valence-electron chi connectivity index (χ4n) is 3.70. The third kappa shape index (κ3) is 2.98. The second-order valence-corrected chi connectivity index (χ2v) is 8.75. The van der Waals surface area contributed by atoms with E-state index in [0.29, 0.717) is 5.02 Å². The van der Waals surface area contributed by atoms with Crippen LogP contribution >= 0.6 is 22.9 Å². The number of halogens is 1. The molecule has 0 N–H and O–H groups in total. The van der Waals surface area contributed by atoms with Gasteiger partial charge in [-0.25, -0.2) is 4.98 Å². The summed E-state index contributed by atoms with van der Waals surface area (Å²) in [4.78, 5) is 22.7. The molecule has 4 rings (SSSR count). The van der Waals surface area contributed by atoms with E-state index >= 15 is 0 Å². The van der Waals surface area contributed by atoms with Crippen molar-refractivity contribution in [2.75, 3.05) is 20.1 Å². The van der Waals surface area contributed by atoms with Gasteiger partial charge in [-0.1, -0.05) is 11.6 Å². The number of likely N-dealkylation sites (tertiary alicyclic amines) is 1. The molecule has 136 valence electrons. The van der Waals surface area contributed by atoms with Crippen LogP contribution in [-0.2, 0) is 0 Å². The molecule has 0 spiro atoms. The average Bonchev–Trinajstić information content (AvgIpc) is 2.91. The normalized spacial score (nSPS) is 16.5. The monoisotopic (exact) mass is 387 g/mol. The van der Waals surface area contributed by atoms with Crippen molar-refractivity contribution in [1.82, 2.24) is 14.5 Å². The zero-order valence-corrected chi connectivity index (χ0v) is 16.8. The van der Waals surface area contributed by atoms with Crippen molar-refractivity contribution in [2.24, 2.45) is 0 Å². The lowest BCUT2D eigenvalue weighted by atomic mass is 10.0. The largest absolute Gasteiger partial charge is 0.306 e. The summed E-state index contributed by atoms with van der Waals surface area (Å²) in [5.41, 5.74) is 2.10. The number of hydrogen-bond donors (Lipinski definition) is 0. The zero-order chi connectivity index (χ0) is 18.4. The molecule has 0 atom stereocenters. The van der Waals surface area contributed by atoms with E-state index in [2.05, 4.69) is 18.9 Å². The average molecular weight is 388 g/mol. The number of fused-ring (bicyclic) bond motifs is 1. The first kappa shape index (κ1) is 17.7. The van der Waals surface area contributed by atoms with Crippen LogP contribution in [0.5, 0.6) is 0 Å². The van der Waals surface area contributed by atoms with Gasteiger partial charge >= 0.3 is 0 Å². The van der Waals surface area contributed by atoms with E-state index in [-0.39, 0.29) is 11.6 Å². The van der Waals surface area contributed by atoms with Crippen molar-refractivity contribution < 1.29 is 0 Å². The second kappa shape index (κ2) is 6.80. The summed E-state index contributed by atoms with van der Waals surface area (Å²) < 4.78 is 1.94. The molecule has 1 aliphatic heterocycles. The molecule has 1 aromatic carbocycles. The number of aromatic nitrogens is 2. The highest BCUT2D eigenvalue weighted by Crippen LogP contribution is 2.32. The molecule has 0 amide bonds. The fraction of sp³-hybridized carbons (Fsp3) is 0.400. The predicted molar refractivity (Wildman–Crippen MR) is 110 cm³/mol. The van der Waals surface area contributed by atoms with Gasteiger partial charge in [-0.2, -0.15) is 0 Å². The van der Waals surface area contributed by atoms with Crippen LogP contribution in [0, 0.1) is 13.8 Å². The number of piperidine rings is 1. The van der Waals surface area contributed by atoms with Crippen LogP contribution in [-0.4, -0.2) is 34.6 Å². The molecular formula is C20H22ClN3OS. The highest BCUT2D eigenvalue weighted by Gasteiger charge is 2.25. The molecule has 0 bridgehead atoms. The van der Waals surface area contributed by atoms with Crippen LogP contribution in [0.2, 0.25) is 5.02 Å². The molecule has 0 radical (unpaired) electrons. The summed E-state index contributed by atoms with van der Waals surface area (Å²) >= 11 is 7.66. The Hall–Kier alpha value is -1.69. The van der Waals surface area contributed by atoms with Gasteiger partial charge in [0.25, 0.3) is 5.56 Å². The van der Waals surface area contributed by atoms with Crippen LogP contribution < -0.4 is 5.56 Å². The summed E-state index contributed by atoms with van der Waals surface area (Å²) in [6.45, 7) is 6.08. The Kier molecular flexibility index (Phi) is 4.63. The Morgan fingerprint density at radius 2 is 1.81 bits per heavy atom. The lowest BCUT2D eigenvalue weighted by molar-refractivity contribution is 0.219. The van der Waals surface area contributed by atoms with Gasteiger partial charge in [0.2, 0.25) is 0 Å². The van der Waals surface area contributed by atoms with Crippen molar-refractivity contribution >= 4 is 33.2 Å². The molecule has 2 aromatic heterocycles. The second-order valence-electron chi connectivity index (χ2n) is 7.12. The number of aryl methyl sites for hydroxylation is 2. The topological polar surface area (TPSA) is 38.1 Å².